The van der Waals surface area contributed by atoms with Gasteiger partial charge in [0.2, 0.25) is 0 Å². The molecule has 4 atom stereocenters. The number of nitrogens with zero attached hydrogens (tertiary/aromatic N) is 1. The number of nitrogens with one attached hydrogen (secondary N) is 1. The van der Waals surface area contributed by atoms with Crippen LogP contribution < -0.4 is 5.32 Å². The van der Waals surface area contributed by atoms with Crippen molar-refractivity contribution in [2.24, 2.45) is 5.92 Å². The molecule has 0 aromatic rings. The van der Waals surface area contributed by atoms with Gasteiger partial charge in [-0.3, -0.25) is 4.90 Å². The predicted octanol–water partition coefficient (Wildman–Crippen LogP) is 1.87. The summed E-state index contributed by atoms with van der Waals surface area (Å²) in [6.07, 6.45) is 3.74. The summed E-state index contributed by atoms with van der Waals surface area (Å²) in [7, 11) is 0. The van der Waals surface area contributed by atoms with E-state index in [1.54, 1.807) is 0 Å². The van der Waals surface area contributed by atoms with Crippen LogP contribution in [0.25, 0.3) is 0 Å². The van der Waals surface area contributed by atoms with Gasteiger partial charge in [0.15, 0.2) is 0 Å². The second-order valence-electron chi connectivity index (χ2n) is 5.68. The summed E-state index contributed by atoms with van der Waals surface area (Å²) in [6.45, 7) is 11.2. The largest absolute Gasteiger partial charge is 0.380 e. The Bertz CT molecular complexity index is 226. The van der Waals surface area contributed by atoms with Crippen molar-refractivity contribution in [3.63, 3.8) is 0 Å². The van der Waals surface area contributed by atoms with Crippen molar-refractivity contribution in [3.05, 3.63) is 0 Å². The monoisotopic (exact) mass is 240 g/mol. The highest BCUT2D eigenvalue weighted by Crippen LogP contribution is 2.23. The van der Waals surface area contributed by atoms with E-state index in [1.165, 1.54) is 25.8 Å². The number of hydrogen-bond acceptors (Lipinski definition) is 3. The van der Waals surface area contributed by atoms with Gasteiger partial charge in [0, 0.05) is 37.8 Å². The molecule has 2 aliphatic heterocycles. The Kier molecular flexibility index (Phi) is 4.83. The molecule has 0 radical (unpaired) electrons. The van der Waals surface area contributed by atoms with Crippen molar-refractivity contribution in [1.29, 1.82) is 0 Å². The average molecular weight is 240 g/mol. The highest BCUT2D eigenvalue weighted by Gasteiger charge is 2.34. The lowest BCUT2D eigenvalue weighted by Crippen LogP contribution is -2.61. The smallest absolute Gasteiger partial charge is 0.0622 e. The van der Waals surface area contributed by atoms with Crippen molar-refractivity contribution < 1.29 is 4.74 Å². The van der Waals surface area contributed by atoms with Gasteiger partial charge >= 0.3 is 0 Å². The molecule has 0 aromatic carbocycles. The normalized spacial score (nSPS) is 37.2. The predicted molar refractivity (Wildman–Crippen MR) is 71.3 cm³/mol. The first kappa shape index (κ1) is 13.3. The zero-order valence-corrected chi connectivity index (χ0v) is 11.6. The SMILES string of the molecule is CCC(C)C1CN(C2CCOC2)C(CC)CN1. The molecule has 3 nitrogen and oxygen atoms in total. The van der Waals surface area contributed by atoms with Gasteiger partial charge < -0.3 is 10.1 Å². The van der Waals surface area contributed by atoms with Crippen LogP contribution in [0.3, 0.4) is 0 Å². The van der Waals surface area contributed by atoms with E-state index in [0.29, 0.717) is 18.1 Å². The number of ether oxygens (including phenoxy) is 1. The molecule has 100 valence electrons. The molecule has 2 fully saturated rings. The molecule has 0 saturated carbocycles. The van der Waals surface area contributed by atoms with Crippen LogP contribution in [0.4, 0.5) is 0 Å². The van der Waals surface area contributed by atoms with Gasteiger partial charge in [0.05, 0.1) is 6.61 Å². The molecule has 3 heteroatoms. The fourth-order valence-corrected chi connectivity index (χ4v) is 3.12. The van der Waals surface area contributed by atoms with Crippen LogP contribution >= 0.6 is 0 Å². The van der Waals surface area contributed by atoms with Crippen molar-refractivity contribution in [2.45, 2.75) is 58.2 Å². The molecule has 0 spiro atoms. The van der Waals surface area contributed by atoms with Crippen LogP contribution in [0, 0.1) is 5.92 Å². The fourth-order valence-electron chi connectivity index (χ4n) is 3.12. The van der Waals surface area contributed by atoms with Crippen LogP contribution in [-0.2, 0) is 4.74 Å². The molecule has 0 aromatic heterocycles. The number of piperazine rings is 1. The van der Waals surface area contributed by atoms with E-state index >= 15 is 0 Å². The van der Waals surface area contributed by atoms with Gasteiger partial charge in [-0.25, -0.2) is 0 Å². The molecule has 2 aliphatic rings. The minimum absolute atomic E-state index is 0.670. The second kappa shape index (κ2) is 6.17. The molecule has 0 bridgehead atoms. The lowest BCUT2D eigenvalue weighted by atomic mass is 9.93. The third kappa shape index (κ3) is 3.01. The maximum absolute atomic E-state index is 5.56. The summed E-state index contributed by atoms with van der Waals surface area (Å²) in [4.78, 5) is 2.72. The molecule has 2 rings (SSSR count). The summed E-state index contributed by atoms with van der Waals surface area (Å²) in [5, 5.41) is 3.74. The van der Waals surface area contributed by atoms with E-state index in [9.17, 15) is 0 Å². The lowest BCUT2D eigenvalue weighted by molar-refractivity contribution is 0.0559. The van der Waals surface area contributed by atoms with Crippen molar-refractivity contribution in [2.75, 3.05) is 26.3 Å². The molecular formula is C14H28N2O. The first-order valence-electron chi connectivity index (χ1n) is 7.33. The van der Waals surface area contributed by atoms with E-state index in [2.05, 4.69) is 31.0 Å². The quantitative estimate of drug-likeness (QED) is 0.812. The summed E-state index contributed by atoms with van der Waals surface area (Å²) >= 11 is 0. The first-order chi connectivity index (χ1) is 8.26. The van der Waals surface area contributed by atoms with Gasteiger partial charge in [-0.05, 0) is 18.8 Å². The highest BCUT2D eigenvalue weighted by atomic mass is 16.5. The zero-order valence-electron chi connectivity index (χ0n) is 11.6. The van der Waals surface area contributed by atoms with Crippen molar-refractivity contribution >= 4 is 0 Å². The molecule has 0 aliphatic carbocycles. The standard InChI is InChI=1S/C14H28N2O/c1-4-11(3)14-9-16(12(5-2)8-15-14)13-6-7-17-10-13/h11-15H,4-10H2,1-3H3. The van der Waals surface area contributed by atoms with Gasteiger partial charge in [0.1, 0.15) is 0 Å². The molecule has 2 saturated heterocycles. The summed E-state index contributed by atoms with van der Waals surface area (Å²) in [6, 6.07) is 2.05. The molecular weight excluding hydrogens is 212 g/mol. The summed E-state index contributed by atoms with van der Waals surface area (Å²) in [5.41, 5.74) is 0. The van der Waals surface area contributed by atoms with Crippen LogP contribution in [0.15, 0.2) is 0 Å². The van der Waals surface area contributed by atoms with Gasteiger partial charge in [-0.1, -0.05) is 27.2 Å². The van der Waals surface area contributed by atoms with Crippen molar-refractivity contribution in [1.82, 2.24) is 10.2 Å². The molecule has 4 unspecified atom stereocenters. The van der Waals surface area contributed by atoms with E-state index < -0.39 is 0 Å². The molecule has 0 amide bonds. The highest BCUT2D eigenvalue weighted by molar-refractivity contribution is 4.92. The Hall–Kier alpha value is -0.120. The van der Waals surface area contributed by atoms with Gasteiger partial charge in [-0.15, -0.1) is 0 Å². The van der Waals surface area contributed by atoms with Crippen LogP contribution in [0.5, 0.6) is 0 Å². The summed E-state index contributed by atoms with van der Waals surface area (Å²) in [5.74, 6) is 0.776. The first-order valence-corrected chi connectivity index (χ1v) is 7.33. The topological polar surface area (TPSA) is 24.5 Å². The maximum atomic E-state index is 5.56. The Balaban J connectivity index is 1.97. The van der Waals surface area contributed by atoms with Crippen LogP contribution in [0.2, 0.25) is 0 Å². The average Bonchev–Trinajstić information content (AvgIpc) is 2.90. The minimum atomic E-state index is 0.670. The van der Waals surface area contributed by atoms with Crippen LogP contribution in [0.1, 0.15) is 40.0 Å². The van der Waals surface area contributed by atoms with Crippen molar-refractivity contribution in [3.8, 4) is 0 Å². The lowest BCUT2D eigenvalue weighted by Gasteiger charge is -2.44. The molecule has 2 heterocycles. The Morgan fingerprint density at radius 2 is 2.24 bits per heavy atom. The number of rotatable bonds is 4. The summed E-state index contributed by atoms with van der Waals surface area (Å²) < 4.78 is 5.56. The number of hydrogen-bond donors (Lipinski definition) is 1. The van der Waals surface area contributed by atoms with E-state index in [4.69, 9.17) is 4.74 Å². The Morgan fingerprint density at radius 3 is 2.82 bits per heavy atom. The van der Waals surface area contributed by atoms with E-state index in [1.807, 2.05) is 0 Å². The Morgan fingerprint density at radius 1 is 1.41 bits per heavy atom. The van der Waals surface area contributed by atoms with E-state index in [0.717, 1.165) is 25.7 Å². The fraction of sp³-hybridized carbons (Fsp3) is 1.00. The Labute approximate surface area is 106 Å². The van der Waals surface area contributed by atoms with Gasteiger partial charge in [-0.2, -0.15) is 0 Å². The molecule has 1 N–H and O–H groups in total. The third-order valence-corrected chi connectivity index (χ3v) is 4.67. The maximum Gasteiger partial charge on any atom is 0.0622 e. The minimum Gasteiger partial charge on any atom is -0.380 e. The van der Waals surface area contributed by atoms with Gasteiger partial charge in [0.25, 0.3) is 0 Å². The van der Waals surface area contributed by atoms with Crippen LogP contribution in [-0.4, -0.2) is 49.3 Å². The molecule has 17 heavy (non-hydrogen) atoms. The third-order valence-electron chi connectivity index (χ3n) is 4.67. The second-order valence-corrected chi connectivity index (χ2v) is 5.68. The van der Waals surface area contributed by atoms with E-state index in [-0.39, 0.29) is 0 Å². The zero-order chi connectivity index (χ0) is 12.3.